The molecule has 2 heterocycles. The van der Waals surface area contributed by atoms with Gasteiger partial charge in [-0.2, -0.15) is 5.10 Å². The maximum absolute atomic E-state index is 12.0. The SMILES string of the molecule is CCC(NC(=O)NCc1ccn(C(C)C)n1)c1ccncc1. The van der Waals surface area contributed by atoms with E-state index >= 15 is 0 Å². The third-order valence-corrected chi connectivity index (χ3v) is 3.44. The molecule has 0 spiro atoms. The minimum atomic E-state index is -0.192. The first kappa shape index (κ1) is 16.0. The third-order valence-electron chi connectivity index (χ3n) is 3.44. The molecule has 1 unspecified atom stereocenters. The summed E-state index contributed by atoms with van der Waals surface area (Å²) in [5, 5.41) is 10.2. The Hall–Kier alpha value is -2.37. The number of pyridine rings is 1. The van der Waals surface area contributed by atoms with Crippen molar-refractivity contribution in [1.82, 2.24) is 25.4 Å². The largest absolute Gasteiger partial charge is 0.332 e. The minimum Gasteiger partial charge on any atom is -0.332 e. The molecular formula is C16H23N5O. The van der Waals surface area contributed by atoms with Gasteiger partial charge >= 0.3 is 6.03 Å². The van der Waals surface area contributed by atoms with Crippen LogP contribution in [0.4, 0.5) is 4.79 Å². The van der Waals surface area contributed by atoms with Crippen LogP contribution in [0.25, 0.3) is 0 Å². The van der Waals surface area contributed by atoms with Gasteiger partial charge in [0.05, 0.1) is 18.3 Å². The molecule has 2 amide bonds. The Labute approximate surface area is 130 Å². The Kier molecular flexibility index (Phi) is 5.52. The molecule has 6 nitrogen and oxygen atoms in total. The molecule has 6 heteroatoms. The van der Waals surface area contributed by atoms with Crippen molar-refractivity contribution in [2.24, 2.45) is 0 Å². The van der Waals surface area contributed by atoms with E-state index in [2.05, 4.69) is 34.6 Å². The number of nitrogens with one attached hydrogen (secondary N) is 2. The van der Waals surface area contributed by atoms with Gasteiger partial charge in [0, 0.05) is 24.6 Å². The molecule has 0 aliphatic heterocycles. The second-order valence-corrected chi connectivity index (χ2v) is 5.45. The van der Waals surface area contributed by atoms with Crippen LogP contribution in [0.3, 0.4) is 0 Å². The summed E-state index contributed by atoms with van der Waals surface area (Å²) < 4.78 is 1.88. The molecule has 0 saturated heterocycles. The van der Waals surface area contributed by atoms with Gasteiger partial charge in [-0.25, -0.2) is 4.79 Å². The lowest BCUT2D eigenvalue weighted by molar-refractivity contribution is 0.236. The summed E-state index contributed by atoms with van der Waals surface area (Å²) in [7, 11) is 0. The lowest BCUT2D eigenvalue weighted by atomic mass is 10.1. The van der Waals surface area contributed by atoms with Gasteiger partial charge in [-0.1, -0.05) is 6.92 Å². The fourth-order valence-corrected chi connectivity index (χ4v) is 2.16. The van der Waals surface area contributed by atoms with Gasteiger partial charge in [-0.3, -0.25) is 9.67 Å². The van der Waals surface area contributed by atoms with Crippen LogP contribution in [0.15, 0.2) is 36.8 Å². The van der Waals surface area contributed by atoms with Crippen LogP contribution >= 0.6 is 0 Å². The van der Waals surface area contributed by atoms with Gasteiger partial charge in [-0.05, 0) is 44.0 Å². The zero-order chi connectivity index (χ0) is 15.9. The number of amides is 2. The molecule has 1 atom stereocenters. The predicted molar refractivity (Wildman–Crippen MR) is 85.3 cm³/mol. The second kappa shape index (κ2) is 7.59. The number of rotatable bonds is 6. The number of hydrogen-bond acceptors (Lipinski definition) is 3. The zero-order valence-electron chi connectivity index (χ0n) is 13.3. The van der Waals surface area contributed by atoms with E-state index in [-0.39, 0.29) is 12.1 Å². The van der Waals surface area contributed by atoms with E-state index in [4.69, 9.17) is 0 Å². The number of hydrogen-bond donors (Lipinski definition) is 2. The van der Waals surface area contributed by atoms with E-state index in [1.54, 1.807) is 12.4 Å². The van der Waals surface area contributed by atoms with Crippen LogP contribution < -0.4 is 10.6 Å². The van der Waals surface area contributed by atoms with Crippen molar-refractivity contribution in [3.63, 3.8) is 0 Å². The highest BCUT2D eigenvalue weighted by molar-refractivity contribution is 5.74. The zero-order valence-corrected chi connectivity index (χ0v) is 13.3. The van der Waals surface area contributed by atoms with Crippen molar-refractivity contribution in [2.45, 2.75) is 45.8 Å². The summed E-state index contributed by atoms with van der Waals surface area (Å²) in [6, 6.07) is 5.86. The normalized spacial score (nSPS) is 12.2. The summed E-state index contributed by atoms with van der Waals surface area (Å²) >= 11 is 0. The van der Waals surface area contributed by atoms with E-state index in [1.807, 2.05) is 36.0 Å². The average molecular weight is 301 g/mol. The highest BCUT2D eigenvalue weighted by atomic mass is 16.2. The van der Waals surface area contributed by atoms with E-state index < -0.39 is 0 Å². The number of carbonyl (C=O) groups is 1. The Morgan fingerprint density at radius 2 is 2.00 bits per heavy atom. The van der Waals surface area contributed by atoms with Crippen LogP contribution in [0.5, 0.6) is 0 Å². The molecule has 2 aromatic rings. The van der Waals surface area contributed by atoms with Gasteiger partial charge in [-0.15, -0.1) is 0 Å². The summed E-state index contributed by atoms with van der Waals surface area (Å²) in [6.45, 7) is 6.59. The first-order valence-corrected chi connectivity index (χ1v) is 7.58. The molecule has 2 N–H and O–H groups in total. The third kappa shape index (κ3) is 4.31. The number of carbonyl (C=O) groups excluding carboxylic acids is 1. The molecule has 118 valence electrons. The van der Waals surface area contributed by atoms with E-state index in [0.717, 1.165) is 17.7 Å². The van der Waals surface area contributed by atoms with Crippen LogP contribution in [0.1, 0.15) is 50.5 Å². The molecular weight excluding hydrogens is 278 g/mol. The predicted octanol–water partition coefficient (Wildman–Crippen LogP) is 2.81. The Morgan fingerprint density at radius 3 is 2.59 bits per heavy atom. The van der Waals surface area contributed by atoms with Gasteiger partial charge in [0.2, 0.25) is 0 Å². The molecule has 2 rings (SSSR count). The van der Waals surface area contributed by atoms with Crippen molar-refractivity contribution >= 4 is 6.03 Å². The molecule has 0 aromatic carbocycles. The molecule has 0 bridgehead atoms. The van der Waals surface area contributed by atoms with Crippen LogP contribution in [-0.4, -0.2) is 20.8 Å². The topological polar surface area (TPSA) is 71.8 Å². The van der Waals surface area contributed by atoms with Crippen molar-refractivity contribution in [3.05, 3.63) is 48.0 Å². The monoisotopic (exact) mass is 301 g/mol. The summed E-state index contributed by atoms with van der Waals surface area (Å²) in [5.41, 5.74) is 1.90. The smallest absolute Gasteiger partial charge is 0.315 e. The van der Waals surface area contributed by atoms with Crippen molar-refractivity contribution in [2.75, 3.05) is 0 Å². The first-order valence-electron chi connectivity index (χ1n) is 7.58. The van der Waals surface area contributed by atoms with Crippen molar-refractivity contribution in [3.8, 4) is 0 Å². The lowest BCUT2D eigenvalue weighted by Gasteiger charge is -2.17. The van der Waals surface area contributed by atoms with E-state index in [0.29, 0.717) is 12.6 Å². The Morgan fingerprint density at radius 1 is 1.27 bits per heavy atom. The van der Waals surface area contributed by atoms with Crippen LogP contribution in [-0.2, 0) is 6.54 Å². The summed E-state index contributed by atoms with van der Waals surface area (Å²) in [5.74, 6) is 0. The van der Waals surface area contributed by atoms with Crippen LogP contribution in [0.2, 0.25) is 0 Å². The van der Waals surface area contributed by atoms with Gasteiger partial charge in [0.1, 0.15) is 0 Å². The lowest BCUT2D eigenvalue weighted by Crippen LogP contribution is -2.37. The molecule has 22 heavy (non-hydrogen) atoms. The number of aromatic nitrogens is 3. The summed E-state index contributed by atoms with van der Waals surface area (Å²) in [4.78, 5) is 16.0. The van der Waals surface area contributed by atoms with Gasteiger partial charge < -0.3 is 10.6 Å². The quantitative estimate of drug-likeness (QED) is 0.861. The molecule has 0 aliphatic rings. The Bertz CT molecular complexity index is 594. The Balaban J connectivity index is 1.86. The fourth-order valence-electron chi connectivity index (χ4n) is 2.16. The molecule has 2 aromatic heterocycles. The maximum atomic E-state index is 12.0. The number of nitrogens with zero attached hydrogens (tertiary/aromatic N) is 3. The minimum absolute atomic E-state index is 0.0174. The molecule has 0 aliphatic carbocycles. The van der Waals surface area contributed by atoms with E-state index in [1.165, 1.54) is 0 Å². The second-order valence-electron chi connectivity index (χ2n) is 5.45. The average Bonchev–Trinajstić information content (AvgIpc) is 3.01. The molecule has 0 saturated carbocycles. The maximum Gasteiger partial charge on any atom is 0.315 e. The highest BCUT2D eigenvalue weighted by Crippen LogP contribution is 2.14. The standard InChI is InChI=1S/C16H23N5O/c1-4-15(13-5-8-17-9-6-13)19-16(22)18-11-14-7-10-21(20-14)12(2)3/h5-10,12,15H,4,11H2,1-3H3,(H2,18,19,22). The van der Waals surface area contributed by atoms with Gasteiger partial charge in [0.25, 0.3) is 0 Å². The van der Waals surface area contributed by atoms with Crippen LogP contribution in [0, 0.1) is 0 Å². The first-order chi connectivity index (χ1) is 10.6. The van der Waals surface area contributed by atoms with Crippen molar-refractivity contribution < 1.29 is 4.79 Å². The van der Waals surface area contributed by atoms with E-state index in [9.17, 15) is 4.79 Å². The molecule has 0 fully saturated rings. The fraction of sp³-hybridized carbons (Fsp3) is 0.438. The van der Waals surface area contributed by atoms with Gasteiger partial charge in [0.15, 0.2) is 0 Å². The highest BCUT2D eigenvalue weighted by Gasteiger charge is 2.12. The summed E-state index contributed by atoms with van der Waals surface area (Å²) in [6.07, 6.45) is 6.21. The molecule has 0 radical (unpaired) electrons. The van der Waals surface area contributed by atoms with Crippen molar-refractivity contribution in [1.29, 1.82) is 0 Å². The number of urea groups is 1.